The Balaban J connectivity index is 0. The van der Waals surface area contributed by atoms with Crippen LogP contribution < -0.4 is 0 Å². The molecule has 0 bridgehead atoms. The highest BCUT2D eigenvalue weighted by molar-refractivity contribution is 5.81. The summed E-state index contributed by atoms with van der Waals surface area (Å²) in [5.41, 5.74) is 0. The molecule has 0 spiro atoms. The van der Waals surface area contributed by atoms with Crippen LogP contribution in [-0.4, -0.2) is 23.7 Å². The third kappa shape index (κ3) is 33.5. The first-order chi connectivity index (χ1) is 14.9. The van der Waals surface area contributed by atoms with Crippen LogP contribution in [0.25, 0.3) is 0 Å². The van der Waals surface area contributed by atoms with E-state index in [2.05, 4.69) is 27.4 Å². The molecule has 31 heavy (non-hydrogen) atoms. The van der Waals surface area contributed by atoms with Gasteiger partial charge in [0.05, 0.1) is 6.61 Å². The normalized spacial score (nSPS) is 10.5. The van der Waals surface area contributed by atoms with Crippen molar-refractivity contribution in [2.45, 2.75) is 136 Å². The zero-order valence-electron chi connectivity index (χ0n) is 21.0. The molecule has 0 atom stereocenters. The zero-order valence-corrected chi connectivity index (χ0v) is 21.0. The van der Waals surface area contributed by atoms with Gasteiger partial charge in [-0.15, -0.1) is 0 Å². The van der Waals surface area contributed by atoms with Crippen LogP contribution in [0.3, 0.4) is 0 Å². The Hall–Kier alpha value is -1.32. The second kappa shape index (κ2) is 26.7. The smallest absolute Gasteiger partial charge is 0.330 e. The first kappa shape index (κ1) is 31.9. The van der Waals surface area contributed by atoms with E-state index in [0.29, 0.717) is 13.0 Å². The van der Waals surface area contributed by atoms with Crippen LogP contribution in [-0.2, 0) is 14.3 Å². The Morgan fingerprint density at radius 1 is 0.774 bits per heavy atom. The molecule has 0 aliphatic carbocycles. The van der Waals surface area contributed by atoms with Crippen LogP contribution in [0.4, 0.5) is 0 Å². The summed E-state index contributed by atoms with van der Waals surface area (Å²) in [5.74, 6) is -0.197. The lowest BCUT2D eigenvalue weighted by molar-refractivity contribution is -0.138. The number of carboxylic acid groups (broad SMARTS) is 1. The number of esters is 1. The van der Waals surface area contributed by atoms with Crippen LogP contribution in [0, 0.1) is 5.92 Å². The number of hydrogen-bond donors (Lipinski definition) is 1. The molecule has 0 aromatic rings. The number of ether oxygens (including phenoxy) is 1. The molecule has 184 valence electrons. The molecule has 4 heteroatoms. The van der Waals surface area contributed by atoms with E-state index >= 15 is 0 Å². The van der Waals surface area contributed by atoms with Crippen molar-refractivity contribution >= 4 is 11.9 Å². The van der Waals surface area contributed by atoms with Crippen molar-refractivity contribution in [3.05, 3.63) is 12.7 Å². The van der Waals surface area contributed by atoms with E-state index in [9.17, 15) is 9.59 Å². The quantitative estimate of drug-likeness (QED) is 0.110. The highest BCUT2D eigenvalue weighted by Gasteiger charge is 1.98. The van der Waals surface area contributed by atoms with Crippen LogP contribution in [0.5, 0.6) is 0 Å². The van der Waals surface area contributed by atoms with E-state index in [-0.39, 0.29) is 5.97 Å². The van der Waals surface area contributed by atoms with Crippen molar-refractivity contribution in [3.63, 3.8) is 0 Å². The van der Waals surface area contributed by atoms with Gasteiger partial charge >= 0.3 is 11.9 Å². The van der Waals surface area contributed by atoms with Gasteiger partial charge in [0.25, 0.3) is 0 Å². The van der Waals surface area contributed by atoms with E-state index < -0.39 is 5.97 Å². The molecule has 0 aliphatic rings. The predicted octanol–water partition coefficient (Wildman–Crippen LogP) is 8.48. The molecule has 0 aromatic carbocycles. The van der Waals surface area contributed by atoms with Crippen molar-refractivity contribution in [2.24, 2.45) is 5.92 Å². The number of carbonyl (C=O) groups is 2. The van der Waals surface area contributed by atoms with Gasteiger partial charge in [0.1, 0.15) is 0 Å². The summed E-state index contributed by atoms with van der Waals surface area (Å²) in [6.45, 7) is 10.6. The Labute approximate surface area is 193 Å². The molecule has 0 amide bonds. The topological polar surface area (TPSA) is 63.6 Å². The van der Waals surface area contributed by atoms with Crippen molar-refractivity contribution < 1.29 is 19.4 Å². The summed E-state index contributed by atoms with van der Waals surface area (Å²) >= 11 is 0. The number of unbranched alkanes of at least 4 members (excludes halogenated alkanes) is 14. The molecule has 0 saturated heterocycles. The molecule has 4 nitrogen and oxygen atoms in total. The summed E-state index contributed by atoms with van der Waals surface area (Å²) in [4.78, 5) is 20.9. The monoisotopic (exact) mass is 440 g/mol. The number of carbonyl (C=O) groups excluding carboxylic acids is 1. The molecular weight excluding hydrogens is 388 g/mol. The lowest BCUT2D eigenvalue weighted by Crippen LogP contribution is -2.01. The van der Waals surface area contributed by atoms with E-state index in [1.165, 1.54) is 89.5 Å². The standard InChI is InChI=1S/C16H32O2.C11H20O2/c1-2-3-4-5-6-7-8-9-10-11-12-13-14-15-16(17)18;1-4-11(12)13-9-7-5-6-8-10(2)3/h2-15H2,1H3,(H,17,18);4,10H,1,5-9H2,2-3H3. The summed E-state index contributed by atoms with van der Waals surface area (Å²) in [5, 5.41) is 8.49. The lowest BCUT2D eigenvalue weighted by Gasteiger charge is -2.04. The molecule has 0 heterocycles. The summed E-state index contributed by atoms with van der Waals surface area (Å²) < 4.78 is 4.84. The van der Waals surface area contributed by atoms with Gasteiger partial charge in [-0.1, -0.05) is 124 Å². The average molecular weight is 441 g/mol. The highest BCUT2D eigenvalue weighted by Crippen LogP contribution is 2.13. The van der Waals surface area contributed by atoms with Crippen LogP contribution in [0.2, 0.25) is 0 Å². The second-order valence-corrected chi connectivity index (χ2v) is 9.00. The summed E-state index contributed by atoms with van der Waals surface area (Å²) in [6.07, 6.45) is 23.1. The maximum atomic E-state index is 10.6. The molecule has 0 aliphatic heterocycles. The van der Waals surface area contributed by atoms with Gasteiger partial charge in [-0.25, -0.2) is 4.79 Å². The molecule has 0 saturated carbocycles. The van der Waals surface area contributed by atoms with Gasteiger partial charge in [0, 0.05) is 12.5 Å². The molecule has 1 N–H and O–H groups in total. The van der Waals surface area contributed by atoms with Crippen molar-refractivity contribution in [1.29, 1.82) is 0 Å². The highest BCUT2D eigenvalue weighted by atomic mass is 16.5. The minimum Gasteiger partial charge on any atom is -0.481 e. The van der Waals surface area contributed by atoms with Gasteiger partial charge in [-0.05, 0) is 18.8 Å². The van der Waals surface area contributed by atoms with E-state index in [4.69, 9.17) is 9.84 Å². The van der Waals surface area contributed by atoms with Gasteiger partial charge in [0.15, 0.2) is 0 Å². The largest absolute Gasteiger partial charge is 0.481 e. The van der Waals surface area contributed by atoms with Crippen LogP contribution in [0.1, 0.15) is 136 Å². The fraction of sp³-hybridized carbons (Fsp3) is 0.852. The number of carboxylic acids is 1. The Morgan fingerprint density at radius 3 is 1.65 bits per heavy atom. The fourth-order valence-electron chi connectivity index (χ4n) is 3.36. The molecular formula is C27H52O4. The lowest BCUT2D eigenvalue weighted by atomic mass is 10.0. The van der Waals surface area contributed by atoms with Crippen molar-refractivity contribution in [2.75, 3.05) is 6.61 Å². The minimum absolute atomic E-state index is 0.316. The number of aliphatic carboxylic acids is 1. The summed E-state index contributed by atoms with van der Waals surface area (Å²) in [7, 11) is 0. The first-order valence-corrected chi connectivity index (χ1v) is 12.9. The number of hydrogen-bond acceptors (Lipinski definition) is 3. The maximum absolute atomic E-state index is 10.6. The van der Waals surface area contributed by atoms with Gasteiger partial charge < -0.3 is 9.84 Å². The first-order valence-electron chi connectivity index (χ1n) is 12.9. The van der Waals surface area contributed by atoms with Gasteiger partial charge in [0.2, 0.25) is 0 Å². The second-order valence-electron chi connectivity index (χ2n) is 9.00. The fourth-order valence-corrected chi connectivity index (χ4v) is 3.36. The Kier molecular flexibility index (Phi) is 27.5. The van der Waals surface area contributed by atoms with Gasteiger partial charge in [-0.2, -0.15) is 0 Å². The molecule has 0 fully saturated rings. The predicted molar refractivity (Wildman–Crippen MR) is 132 cm³/mol. The summed E-state index contributed by atoms with van der Waals surface area (Å²) in [6, 6.07) is 0. The Morgan fingerprint density at radius 2 is 1.23 bits per heavy atom. The SMILES string of the molecule is C=CC(=O)OCCCCCC(C)C.CCCCCCCCCCCCCCCC(=O)O. The zero-order chi connectivity index (χ0) is 23.6. The molecule has 0 rings (SSSR count). The van der Waals surface area contributed by atoms with E-state index in [1.807, 2.05) is 0 Å². The van der Waals surface area contributed by atoms with Crippen molar-refractivity contribution in [3.8, 4) is 0 Å². The maximum Gasteiger partial charge on any atom is 0.330 e. The minimum atomic E-state index is -0.655. The van der Waals surface area contributed by atoms with Crippen LogP contribution in [0.15, 0.2) is 12.7 Å². The Bertz CT molecular complexity index is 404. The molecule has 0 aromatic heterocycles. The van der Waals surface area contributed by atoms with Crippen molar-refractivity contribution in [1.82, 2.24) is 0 Å². The molecule has 0 radical (unpaired) electrons. The number of rotatable bonds is 21. The third-order valence-corrected chi connectivity index (χ3v) is 5.33. The average Bonchev–Trinajstić information content (AvgIpc) is 2.73. The molecule has 0 unspecified atom stereocenters. The van der Waals surface area contributed by atoms with Gasteiger partial charge in [-0.3, -0.25) is 4.79 Å². The van der Waals surface area contributed by atoms with E-state index in [0.717, 1.165) is 31.6 Å². The van der Waals surface area contributed by atoms with Crippen LogP contribution >= 0.6 is 0 Å². The third-order valence-electron chi connectivity index (χ3n) is 5.33. The van der Waals surface area contributed by atoms with E-state index in [1.54, 1.807) is 0 Å².